The van der Waals surface area contributed by atoms with Gasteiger partial charge in [-0.2, -0.15) is 0 Å². The van der Waals surface area contributed by atoms with Crippen LogP contribution in [0.1, 0.15) is 59.0 Å². The average molecular weight is 505 g/mol. The standard InChI is InChI=1S/C28H28N2O5S/c1-2-25(31)17-4-3-5-20(15-17)30-36(32,33)21-7-8-24-23(16-21)28-22(11-13-35-28)27(29-24)19-6-9-26-18(14-19)10-12-34-26/h3-9,14-16,22,27-30H,2,10-13H2,1H3/t22-,27?,28?/m0/s1. The van der Waals surface area contributed by atoms with Crippen molar-refractivity contribution in [2.75, 3.05) is 23.3 Å². The Morgan fingerprint density at radius 3 is 2.83 bits per heavy atom. The Morgan fingerprint density at radius 1 is 1.08 bits per heavy atom. The van der Waals surface area contributed by atoms with Gasteiger partial charge in [-0.1, -0.05) is 25.1 Å². The lowest BCUT2D eigenvalue weighted by molar-refractivity contribution is 0.0827. The van der Waals surface area contributed by atoms with Gasteiger partial charge in [0.15, 0.2) is 5.78 Å². The maximum Gasteiger partial charge on any atom is 0.261 e. The molecule has 1 fully saturated rings. The van der Waals surface area contributed by atoms with Gasteiger partial charge in [-0.25, -0.2) is 8.42 Å². The highest BCUT2D eigenvalue weighted by Gasteiger charge is 2.42. The first-order valence-electron chi connectivity index (χ1n) is 12.4. The highest BCUT2D eigenvalue weighted by atomic mass is 32.2. The summed E-state index contributed by atoms with van der Waals surface area (Å²) in [6.07, 6.45) is 1.98. The molecule has 7 nitrogen and oxygen atoms in total. The first kappa shape index (κ1) is 23.1. The van der Waals surface area contributed by atoms with Gasteiger partial charge in [-0.15, -0.1) is 0 Å². The minimum atomic E-state index is -3.86. The first-order chi connectivity index (χ1) is 17.4. The Balaban J connectivity index is 1.30. The van der Waals surface area contributed by atoms with Gasteiger partial charge in [0.2, 0.25) is 0 Å². The molecule has 8 heteroatoms. The van der Waals surface area contributed by atoms with Crippen LogP contribution in [0.4, 0.5) is 11.4 Å². The second kappa shape index (κ2) is 8.94. The van der Waals surface area contributed by atoms with Crippen molar-refractivity contribution < 1.29 is 22.7 Å². The van der Waals surface area contributed by atoms with Gasteiger partial charge in [-0.3, -0.25) is 9.52 Å². The fourth-order valence-electron chi connectivity index (χ4n) is 5.52. The summed E-state index contributed by atoms with van der Waals surface area (Å²) in [5.41, 5.74) is 5.02. The zero-order valence-electron chi connectivity index (χ0n) is 20.0. The van der Waals surface area contributed by atoms with Crippen LogP contribution in [-0.4, -0.2) is 27.4 Å². The maximum atomic E-state index is 13.3. The Morgan fingerprint density at radius 2 is 1.97 bits per heavy atom. The first-order valence-corrected chi connectivity index (χ1v) is 13.8. The number of fused-ring (bicyclic) bond motifs is 4. The zero-order valence-corrected chi connectivity index (χ0v) is 20.8. The molecule has 0 radical (unpaired) electrons. The molecule has 0 amide bonds. The van der Waals surface area contributed by atoms with Crippen LogP contribution in [0.5, 0.6) is 5.75 Å². The SMILES string of the molecule is CCC(=O)c1cccc(NS(=O)(=O)c2ccc3c(c2)C2OCC[C@H]2C(c2ccc4c(c2)CCO4)N3)c1. The minimum absolute atomic E-state index is 0.0363. The number of nitrogens with one attached hydrogen (secondary N) is 2. The second-order valence-electron chi connectivity index (χ2n) is 9.54. The van der Waals surface area contributed by atoms with E-state index < -0.39 is 10.0 Å². The second-order valence-corrected chi connectivity index (χ2v) is 11.2. The number of hydrogen-bond donors (Lipinski definition) is 2. The number of benzene rings is 3. The molecule has 0 saturated carbocycles. The lowest BCUT2D eigenvalue weighted by Gasteiger charge is -2.36. The van der Waals surface area contributed by atoms with Crippen molar-refractivity contribution in [3.63, 3.8) is 0 Å². The van der Waals surface area contributed by atoms with Crippen LogP contribution >= 0.6 is 0 Å². The fourth-order valence-corrected chi connectivity index (χ4v) is 6.61. The molecule has 3 aromatic carbocycles. The number of carbonyl (C=O) groups is 1. The third kappa shape index (κ3) is 4.04. The molecule has 36 heavy (non-hydrogen) atoms. The van der Waals surface area contributed by atoms with Crippen LogP contribution in [0, 0.1) is 5.92 Å². The monoisotopic (exact) mass is 504 g/mol. The van der Waals surface area contributed by atoms with Crippen LogP contribution in [-0.2, 0) is 21.2 Å². The largest absolute Gasteiger partial charge is 0.493 e. The summed E-state index contributed by atoms with van der Waals surface area (Å²) >= 11 is 0. The molecule has 2 N–H and O–H groups in total. The van der Waals surface area contributed by atoms with Crippen LogP contribution in [0.3, 0.4) is 0 Å². The molecule has 2 unspecified atom stereocenters. The molecular formula is C28H28N2O5S. The summed E-state index contributed by atoms with van der Waals surface area (Å²) in [5.74, 6) is 1.12. The third-order valence-corrected chi connectivity index (χ3v) is 8.73. The van der Waals surface area contributed by atoms with Crippen molar-refractivity contribution in [1.29, 1.82) is 0 Å². The van der Waals surface area contributed by atoms with Crippen molar-refractivity contribution in [1.82, 2.24) is 0 Å². The van der Waals surface area contributed by atoms with Crippen LogP contribution < -0.4 is 14.8 Å². The van der Waals surface area contributed by atoms with E-state index in [1.54, 1.807) is 43.3 Å². The topological polar surface area (TPSA) is 93.7 Å². The lowest BCUT2D eigenvalue weighted by Crippen LogP contribution is -2.29. The summed E-state index contributed by atoms with van der Waals surface area (Å²) in [6.45, 7) is 3.13. The molecular weight excluding hydrogens is 476 g/mol. The van der Waals surface area contributed by atoms with E-state index in [0.29, 0.717) is 24.3 Å². The Bertz CT molecular complexity index is 1450. The van der Waals surface area contributed by atoms with Gasteiger partial charge in [0.25, 0.3) is 10.0 Å². The van der Waals surface area contributed by atoms with Gasteiger partial charge in [0, 0.05) is 47.9 Å². The number of Topliss-reactive ketones (excluding diaryl/α,β-unsaturated/α-hetero) is 1. The van der Waals surface area contributed by atoms with Crippen LogP contribution in [0.15, 0.2) is 65.6 Å². The zero-order chi connectivity index (χ0) is 24.9. The summed E-state index contributed by atoms with van der Waals surface area (Å²) in [7, 11) is -3.86. The number of ketones is 1. The Kier molecular flexibility index (Phi) is 5.73. The summed E-state index contributed by atoms with van der Waals surface area (Å²) in [4.78, 5) is 12.2. The van der Waals surface area contributed by atoms with Crippen molar-refractivity contribution in [3.05, 3.63) is 82.9 Å². The van der Waals surface area contributed by atoms with Gasteiger partial charge in [-0.05, 0) is 60.0 Å². The molecule has 3 aliphatic heterocycles. The van der Waals surface area contributed by atoms with Crippen molar-refractivity contribution >= 4 is 27.2 Å². The van der Waals surface area contributed by atoms with E-state index in [0.717, 1.165) is 36.4 Å². The molecule has 0 bridgehead atoms. The van der Waals surface area contributed by atoms with E-state index in [9.17, 15) is 13.2 Å². The quantitative estimate of drug-likeness (QED) is 0.445. The van der Waals surface area contributed by atoms with Crippen molar-refractivity contribution in [2.45, 2.75) is 43.2 Å². The van der Waals surface area contributed by atoms with E-state index in [1.807, 2.05) is 12.1 Å². The number of rotatable bonds is 6. The van der Waals surface area contributed by atoms with E-state index in [-0.39, 0.29) is 28.7 Å². The lowest BCUT2D eigenvalue weighted by atomic mass is 9.80. The highest BCUT2D eigenvalue weighted by molar-refractivity contribution is 7.92. The number of sulfonamides is 1. The fraction of sp³-hybridized carbons (Fsp3) is 0.321. The van der Waals surface area contributed by atoms with Crippen LogP contribution in [0.2, 0.25) is 0 Å². The molecule has 186 valence electrons. The molecule has 3 aliphatic rings. The van der Waals surface area contributed by atoms with E-state index in [4.69, 9.17) is 9.47 Å². The molecule has 3 atom stereocenters. The number of ether oxygens (including phenoxy) is 2. The summed E-state index contributed by atoms with van der Waals surface area (Å²) in [6, 6.07) is 18.2. The Hall–Kier alpha value is -3.36. The normalized spacial score (nSPS) is 22.1. The van der Waals surface area contributed by atoms with Gasteiger partial charge >= 0.3 is 0 Å². The summed E-state index contributed by atoms with van der Waals surface area (Å²) in [5, 5.41) is 3.66. The predicted octanol–water partition coefficient (Wildman–Crippen LogP) is 5.26. The van der Waals surface area contributed by atoms with E-state index in [2.05, 4.69) is 22.2 Å². The highest BCUT2D eigenvalue weighted by Crippen LogP contribution is 2.50. The minimum Gasteiger partial charge on any atom is -0.493 e. The van der Waals surface area contributed by atoms with E-state index >= 15 is 0 Å². The summed E-state index contributed by atoms with van der Waals surface area (Å²) < 4.78 is 41.0. The van der Waals surface area contributed by atoms with Crippen molar-refractivity contribution in [3.8, 4) is 5.75 Å². The molecule has 0 aliphatic carbocycles. The molecule has 1 saturated heterocycles. The van der Waals surface area contributed by atoms with Gasteiger partial charge < -0.3 is 14.8 Å². The maximum absolute atomic E-state index is 13.3. The third-order valence-electron chi connectivity index (χ3n) is 7.35. The molecule has 6 rings (SSSR count). The number of carbonyl (C=O) groups excluding carboxylic acids is 1. The van der Waals surface area contributed by atoms with Gasteiger partial charge in [0.05, 0.1) is 23.6 Å². The predicted molar refractivity (Wildman–Crippen MR) is 137 cm³/mol. The molecule has 0 aromatic heterocycles. The smallest absolute Gasteiger partial charge is 0.261 e. The Labute approximate surface area is 210 Å². The number of hydrogen-bond acceptors (Lipinski definition) is 6. The van der Waals surface area contributed by atoms with Crippen LogP contribution in [0.25, 0.3) is 0 Å². The number of anilines is 2. The van der Waals surface area contributed by atoms with Crippen molar-refractivity contribution in [2.24, 2.45) is 5.92 Å². The molecule has 3 heterocycles. The molecule has 0 spiro atoms. The average Bonchev–Trinajstić information content (AvgIpc) is 3.57. The molecule has 3 aromatic rings. The van der Waals surface area contributed by atoms with E-state index in [1.165, 1.54) is 11.1 Å². The van der Waals surface area contributed by atoms with Gasteiger partial charge in [0.1, 0.15) is 5.75 Å².